The monoisotopic (exact) mass is 296 g/mol. The van der Waals surface area contributed by atoms with E-state index in [-0.39, 0.29) is 11.3 Å². The predicted octanol–water partition coefficient (Wildman–Crippen LogP) is 3.02. The average Bonchev–Trinajstić information content (AvgIpc) is 2.73. The molecule has 0 radical (unpaired) electrons. The van der Waals surface area contributed by atoms with Gasteiger partial charge >= 0.3 is 5.97 Å². The van der Waals surface area contributed by atoms with Gasteiger partial charge in [0.25, 0.3) is 0 Å². The fourth-order valence-electron chi connectivity index (χ4n) is 2.84. The summed E-state index contributed by atoms with van der Waals surface area (Å²) in [6, 6.07) is 2.10. The number of rotatable bonds is 3. The molecule has 1 saturated heterocycles. The van der Waals surface area contributed by atoms with Gasteiger partial charge < -0.3 is 5.11 Å². The second-order valence-corrected chi connectivity index (χ2v) is 7.85. The number of piperidine rings is 1. The Bertz CT molecular complexity index is 478. The zero-order valence-electron chi connectivity index (χ0n) is 12.7. The summed E-state index contributed by atoms with van der Waals surface area (Å²) in [4.78, 5) is 14.9. The molecule has 0 spiro atoms. The van der Waals surface area contributed by atoms with E-state index in [1.807, 2.05) is 6.92 Å². The van der Waals surface area contributed by atoms with E-state index < -0.39 is 5.97 Å². The first-order valence-electron chi connectivity index (χ1n) is 7.13. The summed E-state index contributed by atoms with van der Waals surface area (Å²) in [5.41, 5.74) is 1.19. The van der Waals surface area contributed by atoms with Crippen molar-refractivity contribution in [3.63, 3.8) is 0 Å². The Morgan fingerprint density at radius 1 is 1.50 bits per heavy atom. The van der Waals surface area contributed by atoms with Gasteiger partial charge in [0.05, 0.1) is 11.6 Å². The van der Waals surface area contributed by atoms with Crippen molar-refractivity contribution in [2.75, 3.05) is 13.1 Å². The third kappa shape index (κ3) is 3.79. The van der Waals surface area contributed by atoms with Gasteiger partial charge in [0.15, 0.2) is 0 Å². The van der Waals surface area contributed by atoms with Gasteiger partial charge in [-0.2, -0.15) is 4.37 Å². The highest BCUT2D eigenvalue weighted by molar-refractivity contribution is 7.05. The standard InChI is InChI=1S/C15H24N2O2S/c1-10-5-13(20-16-10)9-17-7-11(14(18)19)6-12(8-17)15(2,3)4/h5,11-12H,6-9H2,1-4H3,(H,18,19)/t11-,12-/m1/s1. The van der Waals surface area contributed by atoms with Gasteiger partial charge in [0.1, 0.15) is 0 Å². The Morgan fingerprint density at radius 3 is 2.70 bits per heavy atom. The van der Waals surface area contributed by atoms with Gasteiger partial charge in [-0.15, -0.1) is 0 Å². The lowest BCUT2D eigenvalue weighted by atomic mass is 9.73. The van der Waals surface area contributed by atoms with Crippen LogP contribution in [0.1, 0.15) is 37.8 Å². The van der Waals surface area contributed by atoms with E-state index in [0.29, 0.717) is 12.5 Å². The fraction of sp³-hybridized carbons (Fsp3) is 0.733. The molecule has 1 N–H and O–H groups in total. The molecule has 1 aromatic rings. The van der Waals surface area contributed by atoms with Crippen LogP contribution in [0, 0.1) is 24.2 Å². The van der Waals surface area contributed by atoms with Crippen molar-refractivity contribution < 1.29 is 9.90 Å². The molecule has 2 rings (SSSR count). The molecule has 0 aromatic carbocycles. The molecule has 1 aromatic heterocycles. The summed E-state index contributed by atoms with van der Waals surface area (Å²) in [5.74, 6) is -0.488. The summed E-state index contributed by atoms with van der Waals surface area (Å²) >= 11 is 1.52. The molecule has 0 bridgehead atoms. The van der Waals surface area contributed by atoms with E-state index in [9.17, 15) is 9.90 Å². The largest absolute Gasteiger partial charge is 0.481 e. The number of carboxylic acid groups (broad SMARTS) is 1. The normalized spacial score (nSPS) is 24.8. The molecule has 2 atom stereocenters. The van der Waals surface area contributed by atoms with Crippen LogP contribution in [0.3, 0.4) is 0 Å². The Labute approximate surface area is 125 Å². The number of aryl methyl sites for hydroxylation is 1. The minimum atomic E-state index is -0.663. The van der Waals surface area contributed by atoms with E-state index in [2.05, 4.69) is 36.1 Å². The molecule has 20 heavy (non-hydrogen) atoms. The van der Waals surface area contributed by atoms with Gasteiger partial charge in [-0.25, -0.2) is 0 Å². The molecule has 1 aliphatic heterocycles. The van der Waals surface area contributed by atoms with Gasteiger partial charge in [-0.3, -0.25) is 9.69 Å². The second-order valence-electron chi connectivity index (χ2n) is 6.96. The lowest BCUT2D eigenvalue weighted by Gasteiger charge is -2.42. The molecular weight excluding hydrogens is 272 g/mol. The van der Waals surface area contributed by atoms with Crippen molar-refractivity contribution in [1.82, 2.24) is 9.27 Å². The van der Waals surface area contributed by atoms with Gasteiger partial charge in [-0.1, -0.05) is 20.8 Å². The van der Waals surface area contributed by atoms with E-state index in [1.165, 1.54) is 16.4 Å². The number of likely N-dealkylation sites (tertiary alicyclic amines) is 1. The number of hydrogen-bond donors (Lipinski definition) is 1. The quantitative estimate of drug-likeness (QED) is 0.931. The number of carboxylic acids is 1. The highest BCUT2D eigenvalue weighted by Gasteiger charge is 2.37. The maximum atomic E-state index is 11.4. The molecule has 5 heteroatoms. The van der Waals surface area contributed by atoms with Crippen LogP contribution >= 0.6 is 11.5 Å². The van der Waals surface area contributed by atoms with Gasteiger partial charge in [-0.05, 0) is 42.3 Å². The zero-order valence-corrected chi connectivity index (χ0v) is 13.5. The van der Waals surface area contributed by atoms with E-state index in [1.54, 1.807) is 0 Å². The second kappa shape index (κ2) is 5.82. The van der Waals surface area contributed by atoms with Crippen LogP contribution in [0.5, 0.6) is 0 Å². The molecule has 2 heterocycles. The maximum absolute atomic E-state index is 11.4. The minimum absolute atomic E-state index is 0.149. The van der Waals surface area contributed by atoms with Crippen molar-refractivity contribution in [3.05, 3.63) is 16.6 Å². The minimum Gasteiger partial charge on any atom is -0.481 e. The zero-order chi connectivity index (χ0) is 14.9. The summed E-state index contributed by atoms with van der Waals surface area (Å²) in [6.07, 6.45) is 0.789. The summed E-state index contributed by atoms with van der Waals surface area (Å²) in [7, 11) is 0. The SMILES string of the molecule is Cc1cc(CN2C[C@H](C(=O)O)C[C@@H](C(C)(C)C)C2)sn1. The van der Waals surface area contributed by atoms with Crippen molar-refractivity contribution in [2.45, 2.75) is 40.7 Å². The first-order valence-corrected chi connectivity index (χ1v) is 7.90. The fourth-order valence-corrected chi connectivity index (χ4v) is 3.61. The molecule has 1 fully saturated rings. The molecule has 112 valence electrons. The first-order chi connectivity index (χ1) is 9.25. The van der Waals surface area contributed by atoms with E-state index >= 15 is 0 Å². The third-order valence-electron chi connectivity index (χ3n) is 4.16. The van der Waals surface area contributed by atoms with Crippen LogP contribution in [-0.4, -0.2) is 33.4 Å². The van der Waals surface area contributed by atoms with Crippen LogP contribution in [0.25, 0.3) is 0 Å². The molecule has 0 amide bonds. The average molecular weight is 296 g/mol. The van der Waals surface area contributed by atoms with Gasteiger partial charge in [0, 0.05) is 24.5 Å². The summed E-state index contributed by atoms with van der Waals surface area (Å²) in [5, 5.41) is 9.37. The smallest absolute Gasteiger partial charge is 0.307 e. The van der Waals surface area contributed by atoms with Crippen molar-refractivity contribution in [2.24, 2.45) is 17.3 Å². The van der Waals surface area contributed by atoms with Crippen molar-refractivity contribution in [3.8, 4) is 0 Å². The highest BCUT2D eigenvalue weighted by atomic mass is 32.1. The van der Waals surface area contributed by atoms with Crippen LogP contribution in [0.4, 0.5) is 0 Å². The maximum Gasteiger partial charge on any atom is 0.307 e. The predicted molar refractivity (Wildman–Crippen MR) is 80.8 cm³/mol. The molecule has 0 unspecified atom stereocenters. The van der Waals surface area contributed by atoms with Gasteiger partial charge in [0.2, 0.25) is 0 Å². The molecule has 0 saturated carbocycles. The van der Waals surface area contributed by atoms with Crippen LogP contribution in [0.2, 0.25) is 0 Å². The Kier molecular flexibility index (Phi) is 4.49. The van der Waals surface area contributed by atoms with Crippen LogP contribution in [-0.2, 0) is 11.3 Å². The third-order valence-corrected chi connectivity index (χ3v) is 5.02. The van der Waals surface area contributed by atoms with Crippen molar-refractivity contribution in [1.29, 1.82) is 0 Å². The Morgan fingerprint density at radius 2 is 2.20 bits per heavy atom. The number of hydrogen-bond acceptors (Lipinski definition) is 4. The lowest BCUT2D eigenvalue weighted by molar-refractivity contribution is -0.145. The number of carbonyl (C=O) groups is 1. The number of nitrogens with zero attached hydrogens (tertiary/aromatic N) is 2. The number of aromatic nitrogens is 1. The van der Waals surface area contributed by atoms with E-state index in [0.717, 1.165) is 25.2 Å². The lowest BCUT2D eigenvalue weighted by Crippen LogP contribution is -2.46. The first kappa shape index (κ1) is 15.4. The van der Waals surface area contributed by atoms with E-state index in [4.69, 9.17) is 0 Å². The van der Waals surface area contributed by atoms with Crippen LogP contribution in [0.15, 0.2) is 6.07 Å². The Hall–Kier alpha value is -0.940. The number of aliphatic carboxylic acids is 1. The summed E-state index contributed by atoms with van der Waals surface area (Å²) < 4.78 is 4.30. The van der Waals surface area contributed by atoms with Crippen molar-refractivity contribution >= 4 is 17.5 Å². The Balaban J connectivity index is 2.09. The van der Waals surface area contributed by atoms with Crippen LogP contribution < -0.4 is 0 Å². The highest BCUT2D eigenvalue weighted by Crippen LogP contribution is 2.36. The molecule has 0 aliphatic carbocycles. The molecule has 1 aliphatic rings. The molecule has 4 nitrogen and oxygen atoms in total. The summed E-state index contributed by atoms with van der Waals surface area (Å²) in [6.45, 7) is 11.1. The topological polar surface area (TPSA) is 53.4 Å². The molecular formula is C15H24N2O2S.